The van der Waals surface area contributed by atoms with Crippen LogP contribution < -0.4 is 10.2 Å². The van der Waals surface area contributed by atoms with E-state index in [1.54, 1.807) is 29.6 Å². The smallest absolute Gasteiger partial charge is 0.251 e. The molecule has 3 heterocycles. The van der Waals surface area contributed by atoms with Gasteiger partial charge in [-0.1, -0.05) is 6.07 Å². The Morgan fingerprint density at radius 3 is 2.58 bits per heavy atom. The van der Waals surface area contributed by atoms with Gasteiger partial charge in [0.15, 0.2) is 0 Å². The molecule has 7 nitrogen and oxygen atoms in total. The van der Waals surface area contributed by atoms with Crippen molar-refractivity contribution >= 4 is 17.5 Å². The summed E-state index contributed by atoms with van der Waals surface area (Å²) in [6, 6.07) is 9.50. The Morgan fingerprint density at radius 2 is 1.94 bits per heavy atom. The van der Waals surface area contributed by atoms with Crippen molar-refractivity contribution in [1.29, 1.82) is 0 Å². The molecule has 0 radical (unpaired) electrons. The highest BCUT2D eigenvalue weighted by molar-refractivity contribution is 6.00. The molecule has 1 fully saturated rings. The van der Waals surface area contributed by atoms with E-state index in [-0.39, 0.29) is 24.4 Å². The van der Waals surface area contributed by atoms with Gasteiger partial charge in [-0.05, 0) is 57.0 Å². The molecule has 1 saturated heterocycles. The number of benzene rings is 1. The van der Waals surface area contributed by atoms with Gasteiger partial charge in [0.1, 0.15) is 0 Å². The summed E-state index contributed by atoms with van der Waals surface area (Å²) in [6.45, 7) is 6.14. The molecular formula is C24H25N5O2. The van der Waals surface area contributed by atoms with E-state index in [2.05, 4.69) is 20.3 Å². The number of aromatic nitrogens is 3. The average molecular weight is 415 g/mol. The van der Waals surface area contributed by atoms with Crippen molar-refractivity contribution in [2.24, 2.45) is 0 Å². The first-order valence-electron chi connectivity index (χ1n) is 10.4. The van der Waals surface area contributed by atoms with Crippen LogP contribution in [-0.4, -0.2) is 32.8 Å². The van der Waals surface area contributed by atoms with Crippen molar-refractivity contribution in [2.75, 3.05) is 4.90 Å². The lowest BCUT2D eigenvalue weighted by Crippen LogP contribution is -2.31. The Balaban J connectivity index is 1.66. The zero-order valence-corrected chi connectivity index (χ0v) is 17.9. The highest BCUT2D eigenvalue weighted by atomic mass is 16.2. The van der Waals surface area contributed by atoms with Gasteiger partial charge < -0.3 is 10.2 Å². The summed E-state index contributed by atoms with van der Waals surface area (Å²) in [5, 5.41) is 2.90. The number of aryl methyl sites for hydroxylation is 2. The van der Waals surface area contributed by atoms with Crippen LogP contribution in [0.4, 0.5) is 5.69 Å². The molecule has 158 valence electrons. The van der Waals surface area contributed by atoms with Crippen molar-refractivity contribution in [3.63, 3.8) is 0 Å². The van der Waals surface area contributed by atoms with Crippen LogP contribution in [0, 0.1) is 13.8 Å². The van der Waals surface area contributed by atoms with Crippen LogP contribution in [0.25, 0.3) is 11.3 Å². The van der Waals surface area contributed by atoms with Gasteiger partial charge in [-0.2, -0.15) is 0 Å². The third-order valence-electron chi connectivity index (χ3n) is 5.42. The van der Waals surface area contributed by atoms with E-state index in [0.29, 0.717) is 17.7 Å². The highest BCUT2D eigenvalue weighted by Crippen LogP contribution is 2.31. The number of nitrogens with one attached hydrogen (secondary N) is 1. The van der Waals surface area contributed by atoms with Gasteiger partial charge in [0.2, 0.25) is 5.91 Å². The van der Waals surface area contributed by atoms with Gasteiger partial charge in [0, 0.05) is 41.7 Å². The summed E-state index contributed by atoms with van der Waals surface area (Å²) in [6.07, 6.45) is 6.44. The van der Waals surface area contributed by atoms with E-state index in [0.717, 1.165) is 34.6 Å². The number of rotatable bonds is 5. The monoisotopic (exact) mass is 415 g/mol. The summed E-state index contributed by atoms with van der Waals surface area (Å²) >= 11 is 0. The van der Waals surface area contributed by atoms with E-state index in [9.17, 15) is 9.59 Å². The van der Waals surface area contributed by atoms with Crippen LogP contribution in [0.2, 0.25) is 0 Å². The van der Waals surface area contributed by atoms with Gasteiger partial charge in [-0.25, -0.2) is 0 Å². The summed E-state index contributed by atoms with van der Waals surface area (Å²) in [5.74, 6) is -0.167. The number of amides is 2. The number of hydrogen-bond donors (Lipinski definition) is 1. The highest BCUT2D eigenvalue weighted by Gasteiger charge is 2.29. The van der Waals surface area contributed by atoms with Gasteiger partial charge in [0.05, 0.1) is 29.8 Å². The van der Waals surface area contributed by atoms with Crippen LogP contribution in [-0.2, 0) is 11.3 Å². The topological polar surface area (TPSA) is 88.1 Å². The molecule has 1 aliphatic rings. The van der Waals surface area contributed by atoms with E-state index >= 15 is 0 Å². The Kier molecular flexibility index (Phi) is 5.75. The molecule has 0 saturated carbocycles. The molecule has 1 aromatic carbocycles. The minimum absolute atomic E-state index is 0.0720. The van der Waals surface area contributed by atoms with Gasteiger partial charge in [-0.3, -0.25) is 24.5 Å². The van der Waals surface area contributed by atoms with Crippen molar-refractivity contribution in [1.82, 2.24) is 20.3 Å². The largest absolute Gasteiger partial charge is 0.346 e. The summed E-state index contributed by atoms with van der Waals surface area (Å²) in [7, 11) is 0. The third kappa shape index (κ3) is 4.60. The first kappa shape index (κ1) is 20.7. The third-order valence-corrected chi connectivity index (χ3v) is 5.42. The fourth-order valence-electron chi connectivity index (χ4n) is 3.68. The summed E-state index contributed by atoms with van der Waals surface area (Å²) in [5.41, 5.74) is 5.30. The van der Waals surface area contributed by atoms with Crippen LogP contribution >= 0.6 is 0 Å². The molecular weight excluding hydrogens is 390 g/mol. The average Bonchev–Trinajstić information content (AvgIpc) is 3.11. The second-order valence-electron chi connectivity index (χ2n) is 7.97. The summed E-state index contributed by atoms with van der Waals surface area (Å²) < 4.78 is 0. The second kappa shape index (κ2) is 8.63. The molecule has 2 aromatic heterocycles. The minimum atomic E-state index is -0.239. The fraction of sp³-hybridized carbons (Fsp3) is 0.292. The first-order valence-corrected chi connectivity index (χ1v) is 10.4. The Bertz CT molecular complexity index is 1110. The Morgan fingerprint density at radius 1 is 1.10 bits per heavy atom. The molecule has 3 aromatic rings. The predicted octanol–water partition coefficient (Wildman–Crippen LogP) is 3.60. The first-order chi connectivity index (χ1) is 14.9. The number of carbonyl (C=O) groups excluding carboxylic acids is 2. The van der Waals surface area contributed by atoms with Gasteiger partial charge in [-0.15, -0.1) is 0 Å². The van der Waals surface area contributed by atoms with Crippen molar-refractivity contribution in [2.45, 2.75) is 46.2 Å². The van der Waals surface area contributed by atoms with Crippen LogP contribution in [0.3, 0.4) is 0 Å². The number of pyridine rings is 1. The van der Waals surface area contributed by atoms with Crippen LogP contribution in [0.15, 0.2) is 48.9 Å². The van der Waals surface area contributed by atoms with Crippen LogP contribution in [0.1, 0.15) is 47.1 Å². The number of anilines is 1. The Labute approximate surface area is 181 Å². The maximum atomic E-state index is 13.0. The molecule has 0 spiro atoms. The standard InChI is InChI=1S/C24H25N5O2/c1-15-4-6-22(27-11-15)18-8-19(10-21(9-18)29-17(3)5-7-23(29)30)24(31)28-14-20-13-25-16(2)12-26-20/h4,6,8-13,17H,5,7,14H2,1-3H3,(H,28,31). The van der Waals surface area contributed by atoms with Gasteiger partial charge in [0.25, 0.3) is 5.91 Å². The lowest BCUT2D eigenvalue weighted by molar-refractivity contribution is -0.117. The minimum Gasteiger partial charge on any atom is -0.346 e. The normalized spacial score (nSPS) is 15.9. The molecule has 4 rings (SSSR count). The Hall–Kier alpha value is -3.61. The number of carbonyl (C=O) groups is 2. The quantitative estimate of drug-likeness (QED) is 0.688. The van der Waals surface area contributed by atoms with Gasteiger partial charge >= 0.3 is 0 Å². The molecule has 1 N–H and O–H groups in total. The second-order valence-corrected chi connectivity index (χ2v) is 7.97. The van der Waals surface area contributed by atoms with E-state index in [4.69, 9.17) is 0 Å². The number of nitrogens with zero attached hydrogens (tertiary/aromatic N) is 4. The zero-order chi connectivity index (χ0) is 22.0. The predicted molar refractivity (Wildman–Crippen MR) is 119 cm³/mol. The lowest BCUT2D eigenvalue weighted by atomic mass is 10.0. The molecule has 0 bridgehead atoms. The zero-order valence-electron chi connectivity index (χ0n) is 17.9. The van der Waals surface area contributed by atoms with Crippen molar-refractivity contribution in [3.8, 4) is 11.3 Å². The fourth-order valence-corrected chi connectivity index (χ4v) is 3.68. The maximum Gasteiger partial charge on any atom is 0.251 e. The molecule has 1 unspecified atom stereocenters. The number of hydrogen-bond acceptors (Lipinski definition) is 5. The van der Waals surface area contributed by atoms with Crippen molar-refractivity contribution in [3.05, 3.63) is 71.4 Å². The summed E-state index contributed by atoms with van der Waals surface area (Å²) in [4.78, 5) is 40.2. The lowest BCUT2D eigenvalue weighted by Gasteiger charge is -2.23. The SMILES string of the molecule is Cc1ccc(-c2cc(C(=O)NCc3cnc(C)cn3)cc(N3C(=O)CCC3C)c2)nc1. The van der Waals surface area contributed by atoms with Crippen molar-refractivity contribution < 1.29 is 9.59 Å². The molecule has 0 aliphatic carbocycles. The molecule has 7 heteroatoms. The molecule has 1 aliphatic heterocycles. The molecule has 31 heavy (non-hydrogen) atoms. The molecule has 2 amide bonds. The van der Waals surface area contributed by atoms with E-state index in [1.165, 1.54) is 0 Å². The van der Waals surface area contributed by atoms with E-state index < -0.39 is 0 Å². The molecule has 1 atom stereocenters. The van der Waals surface area contributed by atoms with E-state index in [1.807, 2.05) is 45.0 Å². The van der Waals surface area contributed by atoms with Crippen LogP contribution in [0.5, 0.6) is 0 Å². The maximum absolute atomic E-state index is 13.0.